The van der Waals surface area contributed by atoms with Crippen molar-refractivity contribution in [2.24, 2.45) is 0 Å². The van der Waals surface area contributed by atoms with E-state index in [9.17, 15) is 0 Å². The van der Waals surface area contributed by atoms with Gasteiger partial charge in [-0.05, 0) is 55.8 Å². The van der Waals surface area contributed by atoms with Gasteiger partial charge < -0.3 is 4.42 Å². The first-order valence-electron chi connectivity index (χ1n) is 12.5. The second kappa shape index (κ2) is 6.33. The number of fused-ring (bicyclic) bond motifs is 16. The molecule has 9 rings (SSSR count). The van der Waals surface area contributed by atoms with Gasteiger partial charge in [0.15, 0.2) is 0 Å². The van der Waals surface area contributed by atoms with Gasteiger partial charge in [-0.25, -0.2) is 0 Å². The van der Waals surface area contributed by atoms with Crippen LogP contribution in [0.4, 0.5) is 0 Å². The highest BCUT2D eigenvalue weighted by atomic mass is 16.3. The topological polar surface area (TPSA) is 13.1 Å². The lowest BCUT2D eigenvalue weighted by molar-refractivity contribution is 0.669. The molecule has 1 atom stereocenters. The number of benzene rings is 6. The van der Waals surface area contributed by atoms with Crippen molar-refractivity contribution in [2.75, 3.05) is 0 Å². The fraction of sp³-hybridized carbons (Fsp3) is 0.0286. The van der Waals surface area contributed by atoms with E-state index in [4.69, 9.17) is 4.42 Å². The molecule has 1 spiro atoms. The number of furan rings is 1. The highest BCUT2D eigenvalue weighted by Crippen LogP contribution is 2.64. The SMILES string of the molecule is c1ccc2c(c1)-c1c(ccc3ccccc13)C21c2ccccc2-c2c1ccc1c2oc2ccccc21. The molecule has 166 valence electrons. The van der Waals surface area contributed by atoms with E-state index in [1.165, 1.54) is 66.1 Å². The molecule has 0 radical (unpaired) electrons. The first-order chi connectivity index (χ1) is 17.9. The summed E-state index contributed by atoms with van der Waals surface area (Å²) in [5.74, 6) is 0. The maximum absolute atomic E-state index is 6.60. The van der Waals surface area contributed by atoms with E-state index in [0.29, 0.717) is 0 Å². The number of hydrogen-bond donors (Lipinski definition) is 0. The zero-order valence-corrected chi connectivity index (χ0v) is 19.5. The molecule has 2 aliphatic rings. The third-order valence-electron chi connectivity index (χ3n) is 8.48. The van der Waals surface area contributed by atoms with Crippen molar-refractivity contribution in [1.82, 2.24) is 0 Å². The van der Waals surface area contributed by atoms with Gasteiger partial charge in [-0.15, -0.1) is 0 Å². The van der Waals surface area contributed by atoms with E-state index in [2.05, 4.69) is 121 Å². The van der Waals surface area contributed by atoms with Gasteiger partial charge >= 0.3 is 0 Å². The average molecular weight is 457 g/mol. The Bertz CT molecular complexity index is 2060. The van der Waals surface area contributed by atoms with Crippen LogP contribution in [-0.4, -0.2) is 0 Å². The van der Waals surface area contributed by atoms with Crippen LogP contribution >= 0.6 is 0 Å². The van der Waals surface area contributed by atoms with Crippen molar-refractivity contribution in [2.45, 2.75) is 5.41 Å². The Morgan fingerprint density at radius 3 is 1.86 bits per heavy atom. The summed E-state index contributed by atoms with van der Waals surface area (Å²) in [6.07, 6.45) is 0. The minimum atomic E-state index is -0.366. The van der Waals surface area contributed by atoms with Crippen molar-refractivity contribution < 1.29 is 4.42 Å². The monoisotopic (exact) mass is 456 g/mol. The summed E-state index contributed by atoms with van der Waals surface area (Å²) in [7, 11) is 0. The maximum Gasteiger partial charge on any atom is 0.143 e. The van der Waals surface area contributed by atoms with Crippen molar-refractivity contribution >= 4 is 32.7 Å². The van der Waals surface area contributed by atoms with Crippen LogP contribution in [0.15, 0.2) is 126 Å². The molecule has 36 heavy (non-hydrogen) atoms. The quantitative estimate of drug-likeness (QED) is 0.222. The molecule has 0 amide bonds. The van der Waals surface area contributed by atoms with Crippen LogP contribution in [0.1, 0.15) is 22.3 Å². The Morgan fingerprint density at radius 1 is 0.417 bits per heavy atom. The van der Waals surface area contributed by atoms with Crippen LogP contribution in [0.2, 0.25) is 0 Å². The minimum Gasteiger partial charge on any atom is -0.455 e. The average Bonchev–Trinajstić information content (AvgIpc) is 3.57. The van der Waals surface area contributed by atoms with Crippen molar-refractivity contribution in [1.29, 1.82) is 0 Å². The van der Waals surface area contributed by atoms with Gasteiger partial charge in [-0.1, -0.05) is 115 Å². The number of hydrogen-bond acceptors (Lipinski definition) is 1. The van der Waals surface area contributed by atoms with E-state index in [1.807, 2.05) is 0 Å². The summed E-state index contributed by atoms with van der Waals surface area (Å²) in [4.78, 5) is 0. The lowest BCUT2D eigenvalue weighted by Gasteiger charge is -2.30. The Hall–Kier alpha value is -4.62. The molecule has 2 aliphatic carbocycles. The van der Waals surface area contributed by atoms with Gasteiger partial charge in [0.2, 0.25) is 0 Å². The zero-order valence-electron chi connectivity index (χ0n) is 19.5. The van der Waals surface area contributed by atoms with E-state index >= 15 is 0 Å². The maximum atomic E-state index is 6.60. The fourth-order valence-electron chi connectivity index (χ4n) is 7.17. The van der Waals surface area contributed by atoms with Crippen LogP contribution < -0.4 is 0 Å². The molecule has 1 unspecified atom stereocenters. The Balaban J connectivity index is 1.53. The van der Waals surface area contributed by atoms with E-state index < -0.39 is 0 Å². The molecule has 7 aromatic rings. The van der Waals surface area contributed by atoms with Crippen LogP contribution in [0.5, 0.6) is 0 Å². The Morgan fingerprint density at radius 2 is 1.03 bits per heavy atom. The molecule has 0 saturated carbocycles. The largest absolute Gasteiger partial charge is 0.455 e. The van der Waals surface area contributed by atoms with Crippen LogP contribution in [0.3, 0.4) is 0 Å². The van der Waals surface area contributed by atoms with Crippen molar-refractivity contribution in [3.8, 4) is 22.3 Å². The summed E-state index contributed by atoms with van der Waals surface area (Å²) in [6.45, 7) is 0. The van der Waals surface area contributed by atoms with Crippen LogP contribution in [-0.2, 0) is 5.41 Å². The third-order valence-corrected chi connectivity index (χ3v) is 8.48. The molecule has 1 heterocycles. The van der Waals surface area contributed by atoms with E-state index in [1.54, 1.807) is 0 Å². The van der Waals surface area contributed by atoms with E-state index in [-0.39, 0.29) is 5.41 Å². The predicted molar refractivity (Wildman–Crippen MR) is 148 cm³/mol. The number of rotatable bonds is 0. The van der Waals surface area contributed by atoms with Crippen molar-refractivity contribution in [3.63, 3.8) is 0 Å². The van der Waals surface area contributed by atoms with Crippen LogP contribution in [0.25, 0.3) is 55.0 Å². The lowest BCUT2D eigenvalue weighted by atomic mass is 9.70. The second-order valence-corrected chi connectivity index (χ2v) is 10.0. The summed E-state index contributed by atoms with van der Waals surface area (Å²) in [5.41, 5.74) is 12.1. The van der Waals surface area contributed by atoms with Crippen molar-refractivity contribution in [3.05, 3.63) is 144 Å². The summed E-state index contributed by atoms with van der Waals surface area (Å²) in [6, 6.07) is 44.4. The summed E-state index contributed by atoms with van der Waals surface area (Å²) >= 11 is 0. The van der Waals surface area contributed by atoms with Gasteiger partial charge in [0, 0.05) is 16.3 Å². The Labute approximate surface area is 208 Å². The Kier molecular flexibility index (Phi) is 3.28. The minimum absolute atomic E-state index is 0.366. The molecular weight excluding hydrogens is 436 g/mol. The highest BCUT2D eigenvalue weighted by Gasteiger charge is 2.52. The normalized spacial score (nSPS) is 17.0. The van der Waals surface area contributed by atoms with Gasteiger partial charge in [-0.2, -0.15) is 0 Å². The molecule has 0 fully saturated rings. The second-order valence-electron chi connectivity index (χ2n) is 10.0. The van der Waals surface area contributed by atoms with Crippen LogP contribution in [0, 0.1) is 0 Å². The molecule has 1 heteroatoms. The first kappa shape index (κ1) is 18.7. The van der Waals surface area contributed by atoms with Gasteiger partial charge in [0.05, 0.1) is 5.41 Å². The van der Waals surface area contributed by atoms with Gasteiger partial charge in [0.25, 0.3) is 0 Å². The number of para-hydroxylation sites is 1. The van der Waals surface area contributed by atoms with Gasteiger partial charge in [-0.3, -0.25) is 0 Å². The first-order valence-corrected chi connectivity index (χ1v) is 12.5. The molecule has 1 aromatic heterocycles. The molecule has 1 nitrogen and oxygen atoms in total. The fourth-order valence-corrected chi connectivity index (χ4v) is 7.17. The predicted octanol–water partition coefficient (Wildman–Crippen LogP) is 9.08. The molecule has 0 bridgehead atoms. The lowest BCUT2D eigenvalue weighted by Crippen LogP contribution is -2.25. The van der Waals surface area contributed by atoms with E-state index in [0.717, 1.165) is 11.2 Å². The highest BCUT2D eigenvalue weighted by molar-refractivity contribution is 6.14. The standard InChI is InChI=1S/C35H20O/c1-2-10-22-21(9-1)17-19-29-32(22)25-12-3-6-14-27(25)35(29)28-15-7-4-13-26(28)33-30(35)20-18-24-23-11-5-8-16-31(23)36-34(24)33/h1-20H. The molecule has 0 N–H and O–H groups in total. The third kappa shape index (κ3) is 1.98. The molecule has 0 saturated heterocycles. The smallest absolute Gasteiger partial charge is 0.143 e. The molecule has 6 aromatic carbocycles. The molecule has 0 aliphatic heterocycles. The summed E-state index contributed by atoms with van der Waals surface area (Å²) < 4.78 is 6.60. The van der Waals surface area contributed by atoms with Gasteiger partial charge in [0.1, 0.15) is 11.2 Å². The molecular formula is C35H20O. The summed E-state index contributed by atoms with van der Waals surface area (Å²) in [5, 5.41) is 4.95. The zero-order chi connectivity index (χ0) is 23.4.